The molecule has 0 bridgehead atoms. The van der Waals surface area contributed by atoms with E-state index in [1.54, 1.807) is 42.6 Å². The van der Waals surface area contributed by atoms with E-state index in [1.807, 2.05) is 17.5 Å². The minimum atomic E-state index is -0.276. The molecule has 3 rings (SSSR count). The Labute approximate surface area is 143 Å². The summed E-state index contributed by atoms with van der Waals surface area (Å²) >= 11 is 1.56. The lowest BCUT2D eigenvalue weighted by Crippen LogP contribution is -2.43. The zero-order valence-corrected chi connectivity index (χ0v) is 14.0. The summed E-state index contributed by atoms with van der Waals surface area (Å²) in [7, 11) is 1.58. The molecule has 0 fully saturated rings. The molecule has 1 aromatic carbocycles. The highest BCUT2D eigenvalue weighted by Gasteiger charge is 2.30. The molecule has 6 nitrogen and oxygen atoms in total. The molecular weight excluding hydrogens is 326 g/mol. The number of amides is 3. The van der Waals surface area contributed by atoms with Crippen LogP contribution in [0.2, 0.25) is 0 Å². The molecule has 24 heavy (non-hydrogen) atoms. The average Bonchev–Trinajstić information content (AvgIpc) is 3.08. The number of carbonyl (C=O) groups is 3. The number of hydrogen-bond donors (Lipinski definition) is 1. The van der Waals surface area contributed by atoms with Gasteiger partial charge in [0.15, 0.2) is 0 Å². The molecule has 1 aliphatic heterocycles. The van der Waals surface area contributed by atoms with Crippen LogP contribution in [0.25, 0.3) is 0 Å². The van der Waals surface area contributed by atoms with Gasteiger partial charge in [-0.15, -0.1) is 11.3 Å². The van der Waals surface area contributed by atoms with Crippen LogP contribution >= 0.6 is 11.3 Å². The number of thiophene rings is 1. The van der Waals surface area contributed by atoms with Crippen LogP contribution in [0.4, 0.5) is 5.69 Å². The van der Waals surface area contributed by atoms with E-state index in [0.29, 0.717) is 17.8 Å². The maximum absolute atomic E-state index is 12.5. The lowest BCUT2D eigenvalue weighted by molar-refractivity contribution is -0.124. The van der Waals surface area contributed by atoms with Crippen molar-refractivity contribution in [2.75, 3.05) is 25.0 Å². The molecule has 0 unspecified atom stereocenters. The summed E-state index contributed by atoms with van der Waals surface area (Å²) in [5.41, 5.74) is 0.903. The van der Waals surface area contributed by atoms with E-state index < -0.39 is 0 Å². The predicted molar refractivity (Wildman–Crippen MR) is 91.9 cm³/mol. The lowest BCUT2D eigenvalue weighted by Gasteiger charge is -2.21. The van der Waals surface area contributed by atoms with E-state index in [9.17, 15) is 14.4 Å². The molecule has 2 heterocycles. The summed E-state index contributed by atoms with van der Waals surface area (Å²) in [6, 6.07) is 10.7. The third kappa shape index (κ3) is 3.30. The summed E-state index contributed by atoms with van der Waals surface area (Å²) < 4.78 is 0. The lowest BCUT2D eigenvalue weighted by atomic mass is 10.1. The van der Waals surface area contributed by atoms with Crippen LogP contribution in [0.15, 0.2) is 41.8 Å². The van der Waals surface area contributed by atoms with Crippen LogP contribution in [0, 0.1) is 0 Å². The molecule has 1 aromatic heterocycles. The maximum atomic E-state index is 12.5. The van der Waals surface area contributed by atoms with Gasteiger partial charge in [-0.1, -0.05) is 18.2 Å². The predicted octanol–water partition coefficient (Wildman–Crippen LogP) is 1.48. The van der Waals surface area contributed by atoms with Crippen LogP contribution < -0.4 is 10.2 Å². The first-order valence-electron chi connectivity index (χ1n) is 7.50. The monoisotopic (exact) mass is 343 g/mol. The number of para-hydroxylation sites is 1. The molecule has 3 amide bonds. The van der Waals surface area contributed by atoms with Crippen molar-refractivity contribution in [3.05, 3.63) is 52.2 Å². The smallest absolute Gasteiger partial charge is 0.256 e. The van der Waals surface area contributed by atoms with Gasteiger partial charge in [-0.2, -0.15) is 0 Å². The van der Waals surface area contributed by atoms with E-state index in [2.05, 4.69) is 5.32 Å². The van der Waals surface area contributed by atoms with Crippen molar-refractivity contribution in [3.63, 3.8) is 0 Å². The van der Waals surface area contributed by atoms with Crippen LogP contribution in [-0.2, 0) is 16.1 Å². The Morgan fingerprint density at radius 1 is 1.21 bits per heavy atom. The van der Waals surface area contributed by atoms with Crippen molar-refractivity contribution in [3.8, 4) is 0 Å². The number of nitrogens with one attached hydrogen (secondary N) is 1. The maximum Gasteiger partial charge on any atom is 0.256 e. The summed E-state index contributed by atoms with van der Waals surface area (Å²) in [6.07, 6.45) is 0. The molecule has 1 aliphatic rings. The number of nitrogens with zero attached hydrogens (tertiary/aromatic N) is 2. The van der Waals surface area contributed by atoms with Crippen molar-refractivity contribution >= 4 is 34.7 Å². The minimum absolute atomic E-state index is 0.0499. The number of fused-ring (bicyclic) bond motifs is 1. The second-order valence-corrected chi connectivity index (χ2v) is 6.55. The second kappa shape index (κ2) is 6.84. The van der Waals surface area contributed by atoms with Crippen molar-refractivity contribution in [2.24, 2.45) is 0 Å². The summed E-state index contributed by atoms with van der Waals surface area (Å²) in [6.45, 7) is 0.271. The van der Waals surface area contributed by atoms with Gasteiger partial charge < -0.3 is 15.1 Å². The summed E-state index contributed by atoms with van der Waals surface area (Å²) in [4.78, 5) is 40.8. The Kier molecular flexibility index (Phi) is 4.61. The Hall–Kier alpha value is -2.67. The number of likely N-dealkylation sites (N-methyl/N-ethyl adjacent to an activating group) is 1. The molecule has 2 aromatic rings. The largest absolute Gasteiger partial charge is 0.350 e. The highest BCUT2D eigenvalue weighted by atomic mass is 32.1. The zero-order chi connectivity index (χ0) is 17.1. The molecule has 0 radical (unpaired) electrons. The first kappa shape index (κ1) is 16.2. The molecule has 0 saturated carbocycles. The third-order valence-electron chi connectivity index (χ3n) is 3.79. The van der Waals surface area contributed by atoms with Crippen LogP contribution in [0.5, 0.6) is 0 Å². The van der Waals surface area contributed by atoms with Gasteiger partial charge >= 0.3 is 0 Å². The minimum Gasteiger partial charge on any atom is -0.350 e. The van der Waals surface area contributed by atoms with Crippen molar-refractivity contribution in [1.82, 2.24) is 10.2 Å². The second-order valence-electron chi connectivity index (χ2n) is 5.51. The number of carbonyl (C=O) groups excluding carboxylic acids is 3. The van der Waals surface area contributed by atoms with E-state index in [1.165, 1.54) is 9.80 Å². The number of hydrogen-bond acceptors (Lipinski definition) is 4. The fourth-order valence-corrected chi connectivity index (χ4v) is 3.21. The van der Waals surface area contributed by atoms with Crippen LogP contribution in [0.3, 0.4) is 0 Å². The van der Waals surface area contributed by atoms with E-state index in [0.717, 1.165) is 4.88 Å². The fraction of sp³-hybridized carbons (Fsp3) is 0.235. The molecule has 0 spiro atoms. The zero-order valence-electron chi connectivity index (χ0n) is 13.2. The molecule has 1 N–H and O–H groups in total. The average molecular weight is 343 g/mol. The van der Waals surface area contributed by atoms with Crippen molar-refractivity contribution in [2.45, 2.75) is 6.54 Å². The van der Waals surface area contributed by atoms with Crippen molar-refractivity contribution in [1.29, 1.82) is 0 Å². The van der Waals surface area contributed by atoms with Gasteiger partial charge in [0.25, 0.3) is 5.91 Å². The van der Waals surface area contributed by atoms with Gasteiger partial charge in [0.2, 0.25) is 11.8 Å². The van der Waals surface area contributed by atoms with Gasteiger partial charge in [0.05, 0.1) is 17.8 Å². The Morgan fingerprint density at radius 2 is 2.00 bits per heavy atom. The normalized spacial score (nSPS) is 14.4. The quantitative estimate of drug-likeness (QED) is 0.914. The SMILES string of the molecule is CN1CC(=O)N(CC(=O)NCc2cccs2)c2ccccc2C1=O. The Bertz CT molecular complexity index is 773. The van der Waals surface area contributed by atoms with Gasteiger partial charge in [-0.25, -0.2) is 0 Å². The van der Waals surface area contributed by atoms with E-state index in [-0.39, 0.29) is 30.8 Å². The molecule has 0 atom stereocenters. The molecule has 124 valence electrons. The topological polar surface area (TPSA) is 69.7 Å². The molecule has 0 aliphatic carbocycles. The molecule has 7 heteroatoms. The first-order chi connectivity index (χ1) is 11.6. The summed E-state index contributed by atoms with van der Waals surface area (Å²) in [5, 5.41) is 4.75. The molecule has 0 saturated heterocycles. The van der Waals surface area contributed by atoms with Crippen LogP contribution in [-0.4, -0.2) is 42.8 Å². The highest BCUT2D eigenvalue weighted by Crippen LogP contribution is 2.24. The van der Waals surface area contributed by atoms with E-state index in [4.69, 9.17) is 0 Å². The number of rotatable bonds is 4. The summed E-state index contributed by atoms with van der Waals surface area (Å²) in [5.74, 6) is -0.758. The fourth-order valence-electron chi connectivity index (χ4n) is 2.56. The third-order valence-corrected chi connectivity index (χ3v) is 4.66. The van der Waals surface area contributed by atoms with Gasteiger partial charge in [0.1, 0.15) is 13.1 Å². The van der Waals surface area contributed by atoms with Crippen molar-refractivity contribution < 1.29 is 14.4 Å². The van der Waals surface area contributed by atoms with E-state index >= 15 is 0 Å². The standard InChI is InChI=1S/C17H17N3O3S/c1-19-11-16(22)20(14-7-3-2-6-13(14)17(19)23)10-15(21)18-9-12-5-4-8-24-12/h2-8H,9-11H2,1H3,(H,18,21). The van der Waals surface area contributed by atoms with Gasteiger partial charge in [0, 0.05) is 11.9 Å². The number of benzene rings is 1. The Morgan fingerprint density at radius 3 is 2.75 bits per heavy atom. The molecular formula is C17H17N3O3S. The Balaban J connectivity index is 1.78. The highest BCUT2D eigenvalue weighted by molar-refractivity contribution is 7.09. The van der Waals surface area contributed by atoms with Crippen LogP contribution in [0.1, 0.15) is 15.2 Å². The first-order valence-corrected chi connectivity index (χ1v) is 8.38. The number of anilines is 1. The van der Waals surface area contributed by atoms with Gasteiger partial charge in [-0.05, 0) is 23.6 Å². The van der Waals surface area contributed by atoms with Gasteiger partial charge in [-0.3, -0.25) is 14.4 Å².